The number of aromatic nitrogens is 1. The Balaban J connectivity index is 1.49. The number of para-hydroxylation sites is 1. The SMILES string of the molecule is COCCN(C(=O)c1cc(-c2ccc(OCc3ccccc3)cc2)c(=O)n2ccc3cc(C(C)O)sc3c12)c1ccccc1. The van der Waals surface area contributed by atoms with Crippen LogP contribution in [0.3, 0.4) is 0 Å². The van der Waals surface area contributed by atoms with Gasteiger partial charge >= 0.3 is 0 Å². The lowest BCUT2D eigenvalue weighted by Crippen LogP contribution is -2.35. The van der Waals surface area contributed by atoms with Gasteiger partial charge in [-0.2, -0.15) is 0 Å². The van der Waals surface area contributed by atoms with Crippen molar-refractivity contribution in [3.05, 3.63) is 136 Å². The summed E-state index contributed by atoms with van der Waals surface area (Å²) in [4.78, 5) is 31.0. The fourth-order valence-corrected chi connectivity index (χ4v) is 6.37. The van der Waals surface area contributed by atoms with Crippen LogP contribution in [0.2, 0.25) is 0 Å². The molecular formula is C36H32N2O5S. The van der Waals surface area contributed by atoms with Crippen molar-refractivity contribution in [3.63, 3.8) is 0 Å². The van der Waals surface area contributed by atoms with Crippen molar-refractivity contribution in [2.75, 3.05) is 25.2 Å². The molecule has 0 aliphatic heterocycles. The van der Waals surface area contributed by atoms with Gasteiger partial charge in [-0.05, 0) is 65.9 Å². The number of nitrogens with zero attached hydrogens (tertiary/aromatic N) is 2. The van der Waals surface area contributed by atoms with E-state index in [1.807, 2.05) is 97.1 Å². The zero-order chi connectivity index (χ0) is 30.6. The number of carbonyl (C=O) groups is 1. The van der Waals surface area contributed by atoms with Crippen LogP contribution in [0.4, 0.5) is 5.69 Å². The van der Waals surface area contributed by atoms with Gasteiger partial charge in [-0.3, -0.25) is 14.0 Å². The monoisotopic (exact) mass is 604 g/mol. The molecule has 1 unspecified atom stereocenters. The van der Waals surface area contributed by atoms with Gasteiger partial charge in [0.1, 0.15) is 12.4 Å². The fourth-order valence-electron chi connectivity index (χ4n) is 5.23. The molecule has 3 aromatic heterocycles. The molecule has 0 bridgehead atoms. The Bertz CT molecular complexity index is 1970. The minimum Gasteiger partial charge on any atom is -0.489 e. The van der Waals surface area contributed by atoms with Gasteiger partial charge in [0, 0.05) is 36.0 Å². The Labute approximate surface area is 259 Å². The van der Waals surface area contributed by atoms with Crippen molar-refractivity contribution in [2.45, 2.75) is 19.6 Å². The normalized spacial score (nSPS) is 12.0. The molecule has 1 atom stereocenters. The van der Waals surface area contributed by atoms with Crippen molar-refractivity contribution >= 4 is 38.5 Å². The van der Waals surface area contributed by atoms with Crippen LogP contribution in [0.1, 0.15) is 33.8 Å². The van der Waals surface area contributed by atoms with Gasteiger partial charge in [0.2, 0.25) is 0 Å². The maximum Gasteiger partial charge on any atom is 0.263 e. The summed E-state index contributed by atoms with van der Waals surface area (Å²) in [5, 5.41) is 11.2. The standard InChI is InChI=1S/C36H32N2O5S/c1-24(39)32-21-27-17-18-38-33(34(27)44-32)31(36(41)37(19-20-42-2)28-11-7-4-8-12-28)22-30(35(38)40)26-13-15-29(16-14-26)43-23-25-9-5-3-6-10-25/h3-18,21-22,24,39H,19-20,23H2,1-2H3. The Morgan fingerprint density at radius 2 is 1.66 bits per heavy atom. The third-order valence-corrected chi connectivity index (χ3v) is 8.85. The molecule has 7 nitrogen and oxygen atoms in total. The van der Waals surface area contributed by atoms with E-state index in [2.05, 4.69) is 0 Å². The predicted octanol–water partition coefficient (Wildman–Crippen LogP) is 7.11. The predicted molar refractivity (Wildman–Crippen MR) is 176 cm³/mol. The molecule has 6 rings (SSSR count). The number of amides is 1. The molecule has 0 aliphatic rings. The Morgan fingerprint density at radius 3 is 2.34 bits per heavy atom. The van der Waals surface area contributed by atoms with Gasteiger partial charge in [-0.25, -0.2) is 0 Å². The topological polar surface area (TPSA) is 80.5 Å². The summed E-state index contributed by atoms with van der Waals surface area (Å²) in [7, 11) is 1.60. The van der Waals surface area contributed by atoms with Crippen molar-refractivity contribution < 1.29 is 19.4 Å². The third kappa shape index (κ3) is 5.88. The fraction of sp³-hybridized carbons (Fsp3) is 0.167. The largest absolute Gasteiger partial charge is 0.489 e. The van der Waals surface area contributed by atoms with Crippen LogP contribution in [-0.4, -0.2) is 35.7 Å². The van der Waals surface area contributed by atoms with Crippen LogP contribution < -0.4 is 15.2 Å². The number of hydrogen-bond donors (Lipinski definition) is 1. The van der Waals surface area contributed by atoms with E-state index >= 15 is 0 Å². The van der Waals surface area contributed by atoms with E-state index in [0.717, 1.165) is 26.2 Å². The minimum absolute atomic E-state index is 0.244. The first-order valence-electron chi connectivity index (χ1n) is 14.4. The second kappa shape index (κ2) is 12.9. The summed E-state index contributed by atoms with van der Waals surface area (Å²) in [6.45, 7) is 2.80. The van der Waals surface area contributed by atoms with E-state index in [1.54, 1.807) is 35.6 Å². The lowest BCUT2D eigenvalue weighted by atomic mass is 10.0. The molecule has 0 fully saturated rings. The second-order valence-corrected chi connectivity index (χ2v) is 11.6. The van der Waals surface area contributed by atoms with Gasteiger partial charge in [0.25, 0.3) is 11.5 Å². The van der Waals surface area contributed by atoms with Gasteiger partial charge in [-0.15, -0.1) is 11.3 Å². The molecule has 8 heteroatoms. The number of rotatable bonds is 10. The van der Waals surface area contributed by atoms with Crippen LogP contribution in [0, 0.1) is 0 Å². The lowest BCUT2D eigenvalue weighted by Gasteiger charge is -2.24. The number of fused-ring (bicyclic) bond motifs is 3. The van der Waals surface area contributed by atoms with E-state index in [1.165, 1.54) is 11.3 Å². The average Bonchev–Trinajstić information content (AvgIpc) is 3.51. The number of pyridine rings is 2. The number of hydrogen-bond acceptors (Lipinski definition) is 6. The quantitative estimate of drug-likeness (QED) is 0.180. The molecule has 6 aromatic rings. The Morgan fingerprint density at radius 1 is 0.955 bits per heavy atom. The van der Waals surface area contributed by atoms with Crippen LogP contribution in [0.15, 0.2) is 114 Å². The van der Waals surface area contributed by atoms with E-state index in [9.17, 15) is 14.7 Å². The zero-order valence-electron chi connectivity index (χ0n) is 24.5. The molecule has 222 valence electrons. The van der Waals surface area contributed by atoms with Gasteiger partial charge < -0.3 is 19.5 Å². The summed E-state index contributed by atoms with van der Waals surface area (Å²) in [5.74, 6) is 0.421. The first-order valence-corrected chi connectivity index (χ1v) is 15.2. The molecule has 0 saturated heterocycles. The van der Waals surface area contributed by atoms with Gasteiger partial charge in [0.05, 0.1) is 28.5 Å². The summed E-state index contributed by atoms with van der Waals surface area (Å²) in [6.07, 6.45) is 1.03. The van der Waals surface area contributed by atoms with Crippen molar-refractivity contribution in [1.82, 2.24) is 4.40 Å². The summed E-state index contributed by atoms with van der Waals surface area (Å²) in [6, 6.07) is 32.1. The van der Waals surface area contributed by atoms with Crippen LogP contribution in [-0.2, 0) is 11.3 Å². The minimum atomic E-state index is -0.678. The van der Waals surface area contributed by atoms with Crippen LogP contribution >= 0.6 is 11.3 Å². The summed E-state index contributed by atoms with van der Waals surface area (Å²) in [5.41, 5.74) is 3.50. The van der Waals surface area contributed by atoms with E-state index in [-0.39, 0.29) is 11.5 Å². The Hall–Kier alpha value is -4.76. The number of methoxy groups -OCH3 is 1. The first kappa shape index (κ1) is 29.3. The van der Waals surface area contributed by atoms with E-state index in [0.29, 0.717) is 47.7 Å². The third-order valence-electron chi connectivity index (χ3n) is 7.52. The number of aliphatic hydroxyl groups is 1. The summed E-state index contributed by atoms with van der Waals surface area (Å²) < 4.78 is 13.6. The molecule has 1 N–H and O–H groups in total. The number of benzene rings is 3. The number of carbonyl (C=O) groups excluding carboxylic acids is 1. The lowest BCUT2D eigenvalue weighted by molar-refractivity contribution is 0.0977. The van der Waals surface area contributed by atoms with Crippen molar-refractivity contribution in [2.24, 2.45) is 0 Å². The number of anilines is 1. The molecule has 0 radical (unpaired) electrons. The molecule has 0 aliphatic carbocycles. The smallest absolute Gasteiger partial charge is 0.263 e. The van der Waals surface area contributed by atoms with E-state index in [4.69, 9.17) is 9.47 Å². The maximum atomic E-state index is 14.5. The zero-order valence-corrected chi connectivity index (χ0v) is 25.3. The molecule has 44 heavy (non-hydrogen) atoms. The van der Waals surface area contributed by atoms with E-state index < -0.39 is 6.10 Å². The van der Waals surface area contributed by atoms with Crippen molar-refractivity contribution in [1.29, 1.82) is 0 Å². The maximum absolute atomic E-state index is 14.5. The Kier molecular flexibility index (Phi) is 8.56. The van der Waals surface area contributed by atoms with Gasteiger partial charge in [-0.1, -0.05) is 60.7 Å². The highest BCUT2D eigenvalue weighted by molar-refractivity contribution is 7.20. The van der Waals surface area contributed by atoms with Crippen molar-refractivity contribution in [3.8, 4) is 16.9 Å². The summed E-state index contributed by atoms with van der Waals surface area (Å²) >= 11 is 1.39. The first-order chi connectivity index (χ1) is 21.4. The molecule has 3 heterocycles. The molecular weight excluding hydrogens is 572 g/mol. The molecule has 3 aromatic carbocycles. The van der Waals surface area contributed by atoms with Crippen LogP contribution in [0.25, 0.3) is 26.7 Å². The second-order valence-electron chi connectivity index (χ2n) is 10.5. The average molecular weight is 605 g/mol. The number of ether oxygens (including phenoxy) is 2. The number of thiophene rings is 1. The molecule has 1 amide bonds. The molecule has 0 spiro atoms. The molecule has 0 saturated carbocycles. The van der Waals surface area contributed by atoms with Gasteiger partial charge in [0.15, 0.2) is 0 Å². The number of aliphatic hydroxyl groups excluding tert-OH is 1. The highest BCUT2D eigenvalue weighted by Crippen LogP contribution is 2.35. The van der Waals surface area contributed by atoms with Crippen LogP contribution in [0.5, 0.6) is 5.75 Å². The highest BCUT2D eigenvalue weighted by atomic mass is 32.1. The highest BCUT2D eigenvalue weighted by Gasteiger charge is 2.25.